The molecule has 0 bridgehead atoms. The van der Waals surface area contributed by atoms with Crippen LogP contribution in [0, 0.1) is 12.8 Å². The Kier molecular flexibility index (Phi) is 5.24. The van der Waals surface area contributed by atoms with E-state index in [-0.39, 0.29) is 23.9 Å². The Hall–Kier alpha value is -2.08. The number of aryl methyl sites for hydroxylation is 1. The highest BCUT2D eigenvalue weighted by Crippen LogP contribution is 2.41. The first-order valence-corrected chi connectivity index (χ1v) is 11.4. The maximum Gasteiger partial charge on any atom is 0.256 e. The number of aromatic nitrogens is 1. The van der Waals surface area contributed by atoms with Crippen molar-refractivity contribution in [2.24, 2.45) is 5.92 Å². The number of carbonyl (C=O) groups excluding carboxylic acids is 1. The quantitative estimate of drug-likeness (QED) is 0.732. The third-order valence-electron chi connectivity index (χ3n) is 6.96. The van der Waals surface area contributed by atoms with Gasteiger partial charge in [-0.3, -0.25) is 9.59 Å². The topological polar surface area (TPSA) is 62.4 Å². The molecule has 1 atom stereocenters. The van der Waals surface area contributed by atoms with Crippen molar-refractivity contribution in [1.82, 2.24) is 9.88 Å². The predicted octanol–water partition coefficient (Wildman–Crippen LogP) is 4.51. The number of pyridine rings is 1. The van der Waals surface area contributed by atoms with Crippen molar-refractivity contribution in [1.29, 1.82) is 0 Å². The van der Waals surface area contributed by atoms with Crippen LogP contribution in [0.15, 0.2) is 16.9 Å². The van der Waals surface area contributed by atoms with Crippen LogP contribution in [0.25, 0.3) is 6.08 Å². The van der Waals surface area contributed by atoms with E-state index in [0.29, 0.717) is 59.7 Å². The molecule has 1 amide bonds. The van der Waals surface area contributed by atoms with Crippen LogP contribution in [-0.2, 0) is 24.1 Å². The Morgan fingerprint density at radius 2 is 2.03 bits per heavy atom. The van der Waals surface area contributed by atoms with Gasteiger partial charge < -0.3 is 14.6 Å². The minimum Gasteiger partial charge on any atom is -0.381 e. The summed E-state index contributed by atoms with van der Waals surface area (Å²) in [5.41, 5.74) is 5.64. The normalized spacial score (nSPS) is 18.7. The average Bonchev–Trinajstić information content (AvgIpc) is 3.17. The molecule has 1 N–H and O–H groups in total. The number of fused-ring (bicyclic) bond motifs is 2. The summed E-state index contributed by atoms with van der Waals surface area (Å²) in [6.07, 6.45) is 5.42. The van der Waals surface area contributed by atoms with Crippen LogP contribution >= 0.6 is 23.2 Å². The molecule has 0 saturated carbocycles. The maximum absolute atomic E-state index is 13.5. The number of hydrogen-bond acceptors (Lipinski definition) is 3. The summed E-state index contributed by atoms with van der Waals surface area (Å²) in [6.45, 7) is 6.16. The van der Waals surface area contributed by atoms with Gasteiger partial charge in [0, 0.05) is 28.7 Å². The number of amides is 1. The standard InChI is InChI=1S/C24H24Cl2N2O3/c1-12(14-10-31-11-14)18-8-20(25)17-6-7-28(24(30)21(17)22(18)26)9-19-16-5-3-4-15(16)13(2)27-23(19)29/h3-4,8,12,14H,5-7,9-11H2,1-2H3,(H,27,29). The molecule has 1 aromatic heterocycles. The van der Waals surface area contributed by atoms with E-state index in [1.165, 1.54) is 0 Å². The maximum atomic E-state index is 13.5. The van der Waals surface area contributed by atoms with Gasteiger partial charge in [0.2, 0.25) is 0 Å². The van der Waals surface area contributed by atoms with Gasteiger partial charge in [0.1, 0.15) is 0 Å². The van der Waals surface area contributed by atoms with Crippen molar-refractivity contribution >= 4 is 35.2 Å². The summed E-state index contributed by atoms with van der Waals surface area (Å²) in [4.78, 5) is 30.9. The summed E-state index contributed by atoms with van der Waals surface area (Å²) < 4.78 is 5.33. The van der Waals surface area contributed by atoms with Crippen molar-refractivity contribution in [3.05, 3.63) is 71.6 Å². The number of nitrogens with zero attached hydrogens (tertiary/aromatic N) is 1. The van der Waals surface area contributed by atoms with Gasteiger partial charge in [0.05, 0.1) is 30.3 Å². The van der Waals surface area contributed by atoms with E-state index in [1.807, 2.05) is 19.1 Å². The van der Waals surface area contributed by atoms with Gasteiger partial charge in [-0.15, -0.1) is 0 Å². The predicted molar refractivity (Wildman–Crippen MR) is 122 cm³/mol. The lowest BCUT2D eigenvalue weighted by atomic mass is 9.83. The Morgan fingerprint density at radius 1 is 1.26 bits per heavy atom. The second-order valence-electron chi connectivity index (χ2n) is 8.73. The molecular formula is C24H24Cl2N2O3. The Labute approximate surface area is 191 Å². The largest absolute Gasteiger partial charge is 0.381 e. The van der Waals surface area contributed by atoms with Crippen LogP contribution in [0.1, 0.15) is 56.7 Å². The molecule has 1 unspecified atom stereocenters. The van der Waals surface area contributed by atoms with Gasteiger partial charge in [0.15, 0.2) is 0 Å². The Bertz CT molecular complexity index is 1180. The van der Waals surface area contributed by atoms with Gasteiger partial charge >= 0.3 is 0 Å². The minimum absolute atomic E-state index is 0.130. The van der Waals surface area contributed by atoms with E-state index in [2.05, 4.69) is 18.0 Å². The third-order valence-corrected chi connectivity index (χ3v) is 7.71. The number of allylic oxidation sites excluding steroid dienone is 1. The van der Waals surface area contributed by atoms with Crippen molar-refractivity contribution in [2.45, 2.75) is 39.2 Å². The van der Waals surface area contributed by atoms with Crippen molar-refractivity contribution in [2.75, 3.05) is 19.8 Å². The fourth-order valence-electron chi connectivity index (χ4n) is 4.89. The van der Waals surface area contributed by atoms with Crippen LogP contribution in [0.4, 0.5) is 0 Å². The monoisotopic (exact) mass is 458 g/mol. The summed E-state index contributed by atoms with van der Waals surface area (Å²) in [5.74, 6) is 0.371. The zero-order valence-corrected chi connectivity index (χ0v) is 19.1. The number of hydrogen-bond donors (Lipinski definition) is 1. The number of rotatable bonds is 4. The SMILES string of the molecule is Cc1[nH]c(=O)c(CN2CCc3c(Cl)cc(C(C)C4COC4)c(Cl)c3C2=O)c2c1C=CC2. The average molecular weight is 459 g/mol. The molecule has 162 valence electrons. The molecule has 0 spiro atoms. The van der Waals surface area contributed by atoms with Crippen LogP contribution in [-0.4, -0.2) is 35.5 Å². The summed E-state index contributed by atoms with van der Waals surface area (Å²) >= 11 is 13.4. The molecule has 1 saturated heterocycles. The molecule has 5 rings (SSSR count). The second kappa shape index (κ2) is 7.80. The zero-order valence-electron chi connectivity index (χ0n) is 17.6. The lowest BCUT2D eigenvalue weighted by molar-refractivity contribution is -0.0423. The molecule has 2 aromatic rings. The van der Waals surface area contributed by atoms with Gasteiger partial charge in [0.25, 0.3) is 11.5 Å². The molecule has 1 aliphatic carbocycles. The van der Waals surface area contributed by atoms with E-state index in [1.54, 1.807) is 4.90 Å². The molecule has 5 nitrogen and oxygen atoms in total. The molecule has 31 heavy (non-hydrogen) atoms. The Balaban J connectivity index is 1.51. The lowest BCUT2D eigenvalue weighted by Crippen LogP contribution is -2.39. The van der Waals surface area contributed by atoms with Crippen LogP contribution < -0.4 is 5.56 Å². The van der Waals surface area contributed by atoms with E-state index < -0.39 is 0 Å². The number of benzene rings is 1. The molecule has 3 aliphatic rings. The fraction of sp³-hybridized carbons (Fsp3) is 0.417. The second-order valence-corrected chi connectivity index (χ2v) is 9.52. The lowest BCUT2D eigenvalue weighted by Gasteiger charge is -2.35. The zero-order chi connectivity index (χ0) is 21.9. The molecule has 7 heteroatoms. The number of halogens is 2. The molecule has 1 aromatic carbocycles. The first-order valence-electron chi connectivity index (χ1n) is 10.7. The fourth-order valence-corrected chi connectivity index (χ4v) is 5.61. The molecule has 0 radical (unpaired) electrons. The minimum atomic E-state index is -0.160. The number of carbonyl (C=O) groups is 1. The van der Waals surface area contributed by atoms with Crippen molar-refractivity contribution in [3.8, 4) is 0 Å². The summed E-state index contributed by atoms with van der Waals surface area (Å²) in [5, 5.41) is 1.07. The van der Waals surface area contributed by atoms with Gasteiger partial charge in [-0.1, -0.05) is 42.3 Å². The number of ether oxygens (including phenoxy) is 1. The summed E-state index contributed by atoms with van der Waals surface area (Å²) in [6, 6.07) is 1.91. The first-order chi connectivity index (χ1) is 14.9. The van der Waals surface area contributed by atoms with E-state index in [9.17, 15) is 9.59 Å². The highest BCUT2D eigenvalue weighted by molar-refractivity contribution is 6.37. The number of H-pyrrole nitrogens is 1. The van der Waals surface area contributed by atoms with Crippen molar-refractivity contribution in [3.63, 3.8) is 0 Å². The van der Waals surface area contributed by atoms with Crippen LogP contribution in [0.5, 0.6) is 0 Å². The van der Waals surface area contributed by atoms with Crippen molar-refractivity contribution < 1.29 is 9.53 Å². The van der Waals surface area contributed by atoms with Crippen LogP contribution in [0.2, 0.25) is 10.0 Å². The molecule has 3 heterocycles. The molecular weight excluding hydrogens is 435 g/mol. The number of nitrogens with one attached hydrogen (secondary N) is 1. The van der Waals surface area contributed by atoms with E-state index >= 15 is 0 Å². The Morgan fingerprint density at radius 3 is 2.74 bits per heavy atom. The van der Waals surface area contributed by atoms with Crippen LogP contribution in [0.3, 0.4) is 0 Å². The first kappa shape index (κ1) is 20.8. The summed E-state index contributed by atoms with van der Waals surface area (Å²) in [7, 11) is 0. The van der Waals surface area contributed by atoms with E-state index in [4.69, 9.17) is 27.9 Å². The van der Waals surface area contributed by atoms with E-state index in [0.717, 1.165) is 27.9 Å². The molecule has 1 fully saturated rings. The van der Waals surface area contributed by atoms with Gasteiger partial charge in [-0.2, -0.15) is 0 Å². The highest BCUT2D eigenvalue weighted by atomic mass is 35.5. The number of aromatic amines is 1. The highest BCUT2D eigenvalue weighted by Gasteiger charge is 2.34. The van der Waals surface area contributed by atoms with Gasteiger partial charge in [-0.25, -0.2) is 0 Å². The third kappa shape index (κ3) is 3.34. The molecule has 2 aliphatic heterocycles. The van der Waals surface area contributed by atoms with Gasteiger partial charge in [-0.05, 0) is 54.0 Å². The smallest absolute Gasteiger partial charge is 0.256 e.